The second-order valence-corrected chi connectivity index (χ2v) is 7.76. The predicted octanol–water partition coefficient (Wildman–Crippen LogP) is 3.10. The number of ether oxygens (including phenoxy) is 2. The van der Waals surface area contributed by atoms with Gasteiger partial charge in [-0.3, -0.25) is 4.79 Å². The number of benzene rings is 1. The van der Waals surface area contributed by atoms with E-state index in [0.717, 1.165) is 40.1 Å². The van der Waals surface area contributed by atoms with Crippen molar-refractivity contribution in [3.8, 4) is 5.75 Å². The lowest BCUT2D eigenvalue weighted by Crippen LogP contribution is -2.36. The standard InChI is InChI=1S/C19H25N3O3S/c1-12(18-13(2)26-14(3)21-18)20-19(23)15-5-6-17(24-4)16(11-15)22-7-9-25-10-8-22/h5-6,11-12H,7-10H2,1-4H3,(H,20,23)/t12-/m0/s1. The zero-order valence-corrected chi connectivity index (χ0v) is 16.5. The second kappa shape index (κ2) is 8.05. The van der Waals surface area contributed by atoms with Crippen LogP contribution >= 0.6 is 11.3 Å². The number of thiazole rings is 1. The first kappa shape index (κ1) is 18.7. The van der Waals surface area contributed by atoms with E-state index in [1.165, 1.54) is 0 Å². The third-order valence-electron chi connectivity index (χ3n) is 4.49. The van der Waals surface area contributed by atoms with Crippen LogP contribution in [0.1, 0.15) is 38.9 Å². The number of amides is 1. The normalized spacial score (nSPS) is 15.6. The first-order valence-electron chi connectivity index (χ1n) is 8.75. The predicted molar refractivity (Wildman–Crippen MR) is 103 cm³/mol. The Morgan fingerprint density at radius 1 is 1.35 bits per heavy atom. The molecule has 3 rings (SSSR count). The lowest BCUT2D eigenvalue weighted by molar-refractivity contribution is 0.0939. The number of morpholine rings is 1. The molecule has 0 saturated carbocycles. The molecule has 26 heavy (non-hydrogen) atoms. The number of aryl methyl sites for hydroxylation is 2. The molecule has 1 N–H and O–H groups in total. The highest BCUT2D eigenvalue weighted by Crippen LogP contribution is 2.30. The quantitative estimate of drug-likeness (QED) is 0.870. The molecule has 1 amide bonds. The SMILES string of the molecule is COc1ccc(C(=O)N[C@@H](C)c2nc(C)sc2C)cc1N1CCOCC1. The summed E-state index contributed by atoms with van der Waals surface area (Å²) in [4.78, 5) is 20.6. The van der Waals surface area contributed by atoms with Crippen molar-refractivity contribution in [2.45, 2.75) is 26.8 Å². The zero-order chi connectivity index (χ0) is 18.7. The maximum absolute atomic E-state index is 12.8. The molecule has 0 radical (unpaired) electrons. The van der Waals surface area contributed by atoms with E-state index in [4.69, 9.17) is 9.47 Å². The summed E-state index contributed by atoms with van der Waals surface area (Å²) in [6, 6.07) is 5.40. The Morgan fingerprint density at radius 3 is 2.69 bits per heavy atom. The Hall–Kier alpha value is -2.12. The lowest BCUT2D eigenvalue weighted by atomic mass is 10.1. The number of carbonyl (C=O) groups excluding carboxylic acids is 1. The number of aromatic nitrogens is 1. The van der Waals surface area contributed by atoms with Gasteiger partial charge in [0.1, 0.15) is 5.75 Å². The van der Waals surface area contributed by atoms with E-state index in [2.05, 4.69) is 15.2 Å². The van der Waals surface area contributed by atoms with Crippen LogP contribution in [0.15, 0.2) is 18.2 Å². The van der Waals surface area contributed by atoms with Crippen LogP contribution in [0.5, 0.6) is 5.75 Å². The largest absolute Gasteiger partial charge is 0.495 e. The van der Waals surface area contributed by atoms with Crippen LogP contribution in [0.3, 0.4) is 0 Å². The fraction of sp³-hybridized carbons (Fsp3) is 0.474. The van der Waals surface area contributed by atoms with Gasteiger partial charge in [0, 0.05) is 23.5 Å². The highest BCUT2D eigenvalue weighted by atomic mass is 32.1. The zero-order valence-electron chi connectivity index (χ0n) is 15.7. The molecular formula is C19H25N3O3S. The van der Waals surface area contributed by atoms with Gasteiger partial charge in [-0.15, -0.1) is 11.3 Å². The number of hydrogen-bond acceptors (Lipinski definition) is 6. The highest BCUT2D eigenvalue weighted by Gasteiger charge is 2.20. The van der Waals surface area contributed by atoms with Crippen molar-refractivity contribution in [3.05, 3.63) is 39.3 Å². The van der Waals surface area contributed by atoms with Crippen molar-refractivity contribution < 1.29 is 14.3 Å². The topological polar surface area (TPSA) is 63.7 Å². The second-order valence-electron chi connectivity index (χ2n) is 6.36. The summed E-state index contributed by atoms with van der Waals surface area (Å²) < 4.78 is 10.9. The van der Waals surface area contributed by atoms with Gasteiger partial charge in [0.2, 0.25) is 0 Å². The van der Waals surface area contributed by atoms with E-state index in [9.17, 15) is 4.79 Å². The van der Waals surface area contributed by atoms with E-state index < -0.39 is 0 Å². The fourth-order valence-corrected chi connectivity index (χ4v) is 4.09. The van der Waals surface area contributed by atoms with E-state index in [1.54, 1.807) is 24.5 Å². The summed E-state index contributed by atoms with van der Waals surface area (Å²) in [5.41, 5.74) is 2.48. The van der Waals surface area contributed by atoms with Crippen LogP contribution in [0, 0.1) is 13.8 Å². The number of nitrogens with one attached hydrogen (secondary N) is 1. The molecule has 7 heteroatoms. The van der Waals surface area contributed by atoms with Crippen molar-refractivity contribution in [3.63, 3.8) is 0 Å². The van der Waals surface area contributed by atoms with E-state index in [-0.39, 0.29) is 11.9 Å². The molecule has 1 fully saturated rings. The maximum atomic E-state index is 12.8. The average Bonchev–Trinajstić information content (AvgIpc) is 3.00. The number of nitrogens with zero attached hydrogens (tertiary/aromatic N) is 2. The number of hydrogen-bond donors (Lipinski definition) is 1. The van der Waals surface area contributed by atoms with E-state index >= 15 is 0 Å². The summed E-state index contributed by atoms with van der Waals surface area (Å²) in [5.74, 6) is 0.655. The average molecular weight is 375 g/mol. The van der Waals surface area contributed by atoms with Crippen LogP contribution < -0.4 is 15.0 Å². The van der Waals surface area contributed by atoms with Gasteiger partial charge >= 0.3 is 0 Å². The van der Waals surface area contributed by atoms with Gasteiger partial charge in [-0.1, -0.05) is 0 Å². The fourth-order valence-electron chi connectivity index (χ4n) is 3.18. The molecule has 2 aromatic rings. The summed E-state index contributed by atoms with van der Waals surface area (Å²) in [5, 5.41) is 4.07. The van der Waals surface area contributed by atoms with Crippen LogP contribution in [0.25, 0.3) is 0 Å². The van der Waals surface area contributed by atoms with Gasteiger partial charge < -0.3 is 19.7 Å². The number of methoxy groups -OCH3 is 1. The summed E-state index contributed by atoms with van der Waals surface area (Å²) >= 11 is 1.65. The molecule has 1 atom stereocenters. The molecule has 1 aromatic heterocycles. The summed E-state index contributed by atoms with van der Waals surface area (Å²) in [7, 11) is 1.65. The molecule has 1 aromatic carbocycles. The molecule has 1 aliphatic rings. The van der Waals surface area contributed by atoms with Gasteiger partial charge in [0.25, 0.3) is 5.91 Å². The first-order valence-corrected chi connectivity index (χ1v) is 9.56. The molecule has 0 spiro atoms. The van der Waals surface area contributed by atoms with Crippen LogP contribution in [-0.2, 0) is 4.74 Å². The van der Waals surface area contributed by atoms with E-state index in [0.29, 0.717) is 18.8 Å². The molecule has 1 aliphatic heterocycles. The van der Waals surface area contributed by atoms with Crippen molar-refractivity contribution in [2.75, 3.05) is 38.3 Å². The maximum Gasteiger partial charge on any atom is 0.251 e. The van der Waals surface area contributed by atoms with Gasteiger partial charge in [0.05, 0.1) is 42.8 Å². The molecule has 1 saturated heterocycles. The first-order chi connectivity index (χ1) is 12.5. The van der Waals surface area contributed by atoms with Crippen molar-refractivity contribution in [2.24, 2.45) is 0 Å². The molecule has 0 unspecified atom stereocenters. The Labute approximate surface area is 158 Å². The van der Waals surface area contributed by atoms with Gasteiger partial charge in [-0.25, -0.2) is 4.98 Å². The molecule has 0 aliphatic carbocycles. The number of carbonyl (C=O) groups is 1. The Morgan fingerprint density at radius 2 is 2.08 bits per heavy atom. The minimum absolute atomic E-state index is 0.111. The smallest absolute Gasteiger partial charge is 0.251 e. The molecule has 0 bridgehead atoms. The molecule has 140 valence electrons. The number of rotatable bonds is 5. The van der Waals surface area contributed by atoms with Crippen molar-refractivity contribution >= 4 is 22.9 Å². The highest BCUT2D eigenvalue weighted by molar-refractivity contribution is 7.11. The van der Waals surface area contributed by atoms with Gasteiger partial charge in [0.15, 0.2) is 0 Å². The van der Waals surface area contributed by atoms with Crippen LogP contribution in [0.4, 0.5) is 5.69 Å². The van der Waals surface area contributed by atoms with Gasteiger partial charge in [-0.05, 0) is 39.0 Å². The Balaban J connectivity index is 1.79. The minimum atomic E-state index is -0.138. The Kier molecular flexibility index (Phi) is 5.78. The Bertz CT molecular complexity index is 784. The van der Waals surface area contributed by atoms with Gasteiger partial charge in [-0.2, -0.15) is 0 Å². The van der Waals surface area contributed by atoms with Crippen molar-refractivity contribution in [1.82, 2.24) is 10.3 Å². The monoisotopic (exact) mass is 375 g/mol. The third-order valence-corrected chi connectivity index (χ3v) is 5.39. The van der Waals surface area contributed by atoms with Crippen molar-refractivity contribution in [1.29, 1.82) is 0 Å². The molecule has 2 heterocycles. The molecular weight excluding hydrogens is 350 g/mol. The van der Waals surface area contributed by atoms with Crippen LogP contribution in [0.2, 0.25) is 0 Å². The van der Waals surface area contributed by atoms with Crippen LogP contribution in [-0.4, -0.2) is 44.3 Å². The lowest BCUT2D eigenvalue weighted by Gasteiger charge is -2.30. The summed E-state index contributed by atoms with van der Waals surface area (Å²) in [6.07, 6.45) is 0. The van der Waals surface area contributed by atoms with E-state index in [1.807, 2.05) is 32.9 Å². The minimum Gasteiger partial charge on any atom is -0.495 e. The molecule has 6 nitrogen and oxygen atoms in total. The summed E-state index contributed by atoms with van der Waals surface area (Å²) in [6.45, 7) is 8.91. The third kappa shape index (κ3) is 3.99. The number of anilines is 1.